The van der Waals surface area contributed by atoms with Crippen molar-refractivity contribution >= 4 is 5.57 Å². The second-order valence-corrected chi connectivity index (χ2v) is 8.35. The summed E-state index contributed by atoms with van der Waals surface area (Å²) in [5, 5.41) is 3.70. The van der Waals surface area contributed by atoms with Crippen LogP contribution in [0.2, 0.25) is 0 Å². The van der Waals surface area contributed by atoms with Crippen LogP contribution in [0.1, 0.15) is 101 Å². The smallest absolute Gasteiger partial charge is 0.0401 e. The zero-order chi connectivity index (χ0) is 21.8. The summed E-state index contributed by atoms with van der Waals surface area (Å²) >= 11 is 0. The van der Waals surface area contributed by atoms with Gasteiger partial charge in [-0.2, -0.15) is 0 Å². The topological polar surface area (TPSA) is 15.3 Å². The lowest BCUT2D eigenvalue weighted by Crippen LogP contribution is -2.25. The van der Waals surface area contributed by atoms with E-state index in [9.17, 15) is 0 Å². The third kappa shape index (κ3) is 7.66. The van der Waals surface area contributed by atoms with E-state index in [4.69, 9.17) is 0 Å². The van der Waals surface area contributed by atoms with Gasteiger partial charge in [-0.3, -0.25) is 0 Å². The van der Waals surface area contributed by atoms with Crippen LogP contribution >= 0.6 is 0 Å². The molecule has 1 aliphatic carbocycles. The van der Waals surface area contributed by atoms with Gasteiger partial charge in [-0.25, -0.2) is 0 Å². The molecule has 1 N–H and O–H groups in total. The zero-order valence-electron chi connectivity index (χ0n) is 20.5. The van der Waals surface area contributed by atoms with Gasteiger partial charge in [0.05, 0.1) is 0 Å². The molecule has 0 atom stereocenters. The van der Waals surface area contributed by atoms with Gasteiger partial charge in [-0.05, 0) is 87.4 Å². The van der Waals surface area contributed by atoms with Crippen LogP contribution < -0.4 is 5.32 Å². The van der Waals surface area contributed by atoms with E-state index in [2.05, 4.69) is 76.3 Å². The molecular formula is C27H46N2. The molecule has 2 rings (SSSR count). The van der Waals surface area contributed by atoms with Crippen LogP contribution in [0.25, 0.3) is 5.57 Å². The molecule has 0 amide bonds. The van der Waals surface area contributed by atoms with Crippen LogP contribution in [-0.2, 0) is 6.54 Å². The number of nitrogens with zero attached hydrogens (tertiary/aromatic N) is 1. The van der Waals surface area contributed by atoms with E-state index in [1.165, 1.54) is 60.1 Å². The Bertz CT molecular complexity index is 663. The average molecular weight is 399 g/mol. The van der Waals surface area contributed by atoms with Gasteiger partial charge < -0.3 is 10.2 Å². The average Bonchev–Trinajstić information content (AvgIpc) is 2.65. The third-order valence-electron chi connectivity index (χ3n) is 5.73. The van der Waals surface area contributed by atoms with Crippen molar-refractivity contribution in [3.05, 3.63) is 52.2 Å². The van der Waals surface area contributed by atoms with E-state index in [0.29, 0.717) is 0 Å². The molecule has 1 aromatic rings. The minimum atomic E-state index is 0.773. The molecule has 0 aromatic heterocycles. The molecule has 0 unspecified atom stereocenters. The lowest BCUT2D eigenvalue weighted by Gasteiger charge is -2.30. The Balaban J connectivity index is 0.00000204. The number of allylic oxidation sites excluding steroid dienone is 3. The maximum atomic E-state index is 3.70. The summed E-state index contributed by atoms with van der Waals surface area (Å²) < 4.78 is 0. The van der Waals surface area contributed by atoms with Crippen LogP contribution in [-0.4, -0.2) is 25.5 Å². The number of hydrogen-bond acceptors (Lipinski definition) is 2. The lowest BCUT2D eigenvalue weighted by molar-refractivity contribution is 0.418. The Labute approximate surface area is 181 Å². The van der Waals surface area contributed by atoms with Crippen molar-refractivity contribution in [2.45, 2.75) is 92.5 Å². The second-order valence-electron chi connectivity index (χ2n) is 8.35. The Morgan fingerprint density at radius 3 is 2.34 bits per heavy atom. The maximum absolute atomic E-state index is 3.70. The van der Waals surface area contributed by atoms with E-state index in [0.717, 1.165) is 25.4 Å². The molecule has 0 radical (unpaired) electrons. The molecule has 164 valence electrons. The standard InChI is InChI=1S/C25H40N2.C2H6/c1-7-9-12-19(3)25-20(4)22(15-16-24(25)21-13-10-14-21)17-26-23(11-8-2)18-27(5)6;1-2/h11-12,15-16,21,26H,7-10,13-14,17-18H2,1-6H3;1-2H3/b19-12?,23-11+;. The SMILES string of the molecule is CC.CC/C=C(\CN(C)C)NCc1ccc(C2CCC2)c(C(C)=CCCC)c1C. The second kappa shape index (κ2) is 13.6. The number of rotatable bonds is 10. The van der Waals surface area contributed by atoms with Gasteiger partial charge in [0.2, 0.25) is 0 Å². The lowest BCUT2D eigenvalue weighted by atomic mass is 9.75. The van der Waals surface area contributed by atoms with E-state index >= 15 is 0 Å². The molecule has 29 heavy (non-hydrogen) atoms. The molecule has 1 aliphatic rings. The number of hydrogen-bond donors (Lipinski definition) is 1. The summed E-state index contributed by atoms with van der Waals surface area (Å²) in [7, 11) is 4.26. The first-order valence-corrected chi connectivity index (χ1v) is 11.8. The van der Waals surface area contributed by atoms with Crippen molar-refractivity contribution in [2.24, 2.45) is 0 Å². The van der Waals surface area contributed by atoms with Gasteiger partial charge >= 0.3 is 0 Å². The van der Waals surface area contributed by atoms with Crippen LogP contribution in [0.4, 0.5) is 0 Å². The molecule has 1 saturated carbocycles. The first kappa shape index (κ1) is 25.5. The van der Waals surface area contributed by atoms with Crippen molar-refractivity contribution < 1.29 is 0 Å². The van der Waals surface area contributed by atoms with Crippen molar-refractivity contribution in [2.75, 3.05) is 20.6 Å². The minimum Gasteiger partial charge on any atom is -0.383 e. The van der Waals surface area contributed by atoms with Crippen molar-refractivity contribution in [1.29, 1.82) is 0 Å². The van der Waals surface area contributed by atoms with Gasteiger partial charge in [-0.15, -0.1) is 0 Å². The highest BCUT2D eigenvalue weighted by molar-refractivity contribution is 5.71. The van der Waals surface area contributed by atoms with Crippen LogP contribution in [0.5, 0.6) is 0 Å². The summed E-state index contributed by atoms with van der Waals surface area (Å²) in [4.78, 5) is 2.23. The Morgan fingerprint density at radius 1 is 1.14 bits per heavy atom. The number of likely N-dealkylation sites (N-methyl/N-ethyl adjacent to an activating group) is 1. The van der Waals surface area contributed by atoms with E-state index in [1.807, 2.05) is 13.8 Å². The van der Waals surface area contributed by atoms with Crippen molar-refractivity contribution in [3.63, 3.8) is 0 Å². The minimum absolute atomic E-state index is 0.773. The van der Waals surface area contributed by atoms with Crippen LogP contribution in [0, 0.1) is 6.92 Å². The molecule has 0 heterocycles. The van der Waals surface area contributed by atoms with E-state index in [-0.39, 0.29) is 0 Å². The highest BCUT2D eigenvalue weighted by Crippen LogP contribution is 2.41. The monoisotopic (exact) mass is 398 g/mol. The number of unbranched alkanes of at least 4 members (excludes halogenated alkanes) is 1. The van der Waals surface area contributed by atoms with Gasteiger partial charge in [0.25, 0.3) is 0 Å². The van der Waals surface area contributed by atoms with Crippen LogP contribution in [0.3, 0.4) is 0 Å². The van der Waals surface area contributed by atoms with Crippen molar-refractivity contribution in [1.82, 2.24) is 10.2 Å². The first-order chi connectivity index (χ1) is 14.0. The van der Waals surface area contributed by atoms with Gasteiger partial charge in [0, 0.05) is 18.8 Å². The summed E-state index contributed by atoms with van der Waals surface area (Å²) in [5.74, 6) is 0.773. The molecule has 2 heteroatoms. The fraction of sp³-hybridized carbons (Fsp3) is 0.630. The third-order valence-corrected chi connectivity index (χ3v) is 5.73. The summed E-state index contributed by atoms with van der Waals surface area (Å²) in [6.45, 7) is 15.0. The Hall–Kier alpha value is -1.54. The van der Waals surface area contributed by atoms with Gasteiger partial charge in [0.1, 0.15) is 0 Å². The number of benzene rings is 1. The normalized spacial score (nSPS) is 15.1. The molecular weight excluding hydrogens is 352 g/mol. The largest absolute Gasteiger partial charge is 0.383 e. The summed E-state index contributed by atoms with van der Waals surface area (Å²) in [5.41, 5.74) is 8.81. The quantitative estimate of drug-likeness (QED) is 0.440. The van der Waals surface area contributed by atoms with Gasteiger partial charge in [0.15, 0.2) is 0 Å². The number of nitrogens with one attached hydrogen (secondary N) is 1. The fourth-order valence-electron chi connectivity index (χ4n) is 4.00. The molecule has 2 nitrogen and oxygen atoms in total. The fourth-order valence-corrected chi connectivity index (χ4v) is 4.00. The predicted octanol–water partition coefficient (Wildman–Crippen LogP) is 7.44. The predicted molar refractivity (Wildman–Crippen MR) is 131 cm³/mol. The van der Waals surface area contributed by atoms with E-state index in [1.54, 1.807) is 5.56 Å². The first-order valence-electron chi connectivity index (χ1n) is 11.8. The highest BCUT2D eigenvalue weighted by Gasteiger charge is 2.24. The molecule has 0 aliphatic heterocycles. The molecule has 1 aromatic carbocycles. The molecule has 0 bridgehead atoms. The zero-order valence-corrected chi connectivity index (χ0v) is 20.5. The highest BCUT2D eigenvalue weighted by atomic mass is 15.1. The summed E-state index contributed by atoms with van der Waals surface area (Å²) in [6, 6.07) is 4.79. The van der Waals surface area contributed by atoms with Crippen LogP contribution in [0.15, 0.2) is 30.0 Å². The Kier molecular flexibility index (Phi) is 12.0. The molecule has 1 fully saturated rings. The summed E-state index contributed by atoms with van der Waals surface area (Å²) in [6.07, 6.45) is 12.3. The Morgan fingerprint density at radius 2 is 1.83 bits per heavy atom. The van der Waals surface area contributed by atoms with E-state index < -0.39 is 0 Å². The molecule has 0 spiro atoms. The van der Waals surface area contributed by atoms with Gasteiger partial charge in [-0.1, -0.05) is 64.8 Å². The molecule has 0 saturated heterocycles. The maximum Gasteiger partial charge on any atom is 0.0401 e. The van der Waals surface area contributed by atoms with Crippen molar-refractivity contribution in [3.8, 4) is 0 Å².